The molecule has 1 saturated heterocycles. The van der Waals surface area contributed by atoms with Gasteiger partial charge in [-0.05, 0) is 43.4 Å². The van der Waals surface area contributed by atoms with Gasteiger partial charge < -0.3 is 14.8 Å². The molecule has 1 aliphatic carbocycles. The molecule has 2 fully saturated rings. The lowest BCUT2D eigenvalue weighted by Crippen LogP contribution is -2.26. The van der Waals surface area contributed by atoms with Gasteiger partial charge in [-0.3, -0.25) is 0 Å². The molecule has 7 heteroatoms. The summed E-state index contributed by atoms with van der Waals surface area (Å²) in [6.07, 6.45) is -0.812. The molecular weight excluding hydrogens is 347 g/mol. The van der Waals surface area contributed by atoms with E-state index in [0.717, 1.165) is 37.8 Å². The number of ether oxygens (including phenoxy) is 2. The fourth-order valence-corrected chi connectivity index (χ4v) is 4.11. The summed E-state index contributed by atoms with van der Waals surface area (Å²) < 4.78 is 50.7. The fraction of sp³-hybridized carbons (Fsp3) is 0.632. The first-order chi connectivity index (χ1) is 12.3. The minimum absolute atomic E-state index is 0.254. The topological polar surface area (TPSA) is 47.6 Å². The van der Waals surface area contributed by atoms with Crippen molar-refractivity contribution in [2.45, 2.75) is 63.5 Å². The van der Waals surface area contributed by atoms with E-state index in [2.05, 4.69) is 5.32 Å². The number of carbonyl (C=O) groups is 1. The van der Waals surface area contributed by atoms with Crippen molar-refractivity contribution in [3.63, 3.8) is 0 Å². The minimum atomic E-state index is -4.46. The summed E-state index contributed by atoms with van der Waals surface area (Å²) in [6, 6.07) is 3.27. The van der Waals surface area contributed by atoms with Crippen LogP contribution in [0.25, 0.3) is 0 Å². The van der Waals surface area contributed by atoms with Crippen LogP contribution in [0.2, 0.25) is 0 Å². The van der Waals surface area contributed by atoms with Gasteiger partial charge in [0.25, 0.3) is 0 Å². The number of rotatable bonds is 4. The normalized spacial score (nSPS) is 25.7. The maximum absolute atomic E-state index is 13.2. The van der Waals surface area contributed by atoms with Crippen LogP contribution in [-0.2, 0) is 15.7 Å². The molecule has 26 heavy (non-hydrogen) atoms. The predicted molar refractivity (Wildman–Crippen MR) is 89.6 cm³/mol. The lowest BCUT2D eigenvalue weighted by atomic mass is 9.80. The number of alkyl carbamates (subject to hydrolysis) is 1. The highest BCUT2D eigenvalue weighted by Gasteiger charge is 2.39. The standard InChI is InChI=1S/C19H24F3NO3/c1-11-16(26-18(24)23-11)15-10-13(19(20,21)22)8-9-14(15)17(25-2)12-6-4-3-5-7-12/h8-12,16-17H,3-7H2,1-2H3,(H,23,24)/t11-,16+,17?/m0/s1. The van der Waals surface area contributed by atoms with Crippen molar-refractivity contribution in [3.05, 3.63) is 34.9 Å². The van der Waals surface area contributed by atoms with Gasteiger partial charge in [0.05, 0.1) is 17.7 Å². The molecular formula is C19H24F3NO3. The number of halogens is 3. The molecule has 2 aliphatic rings. The van der Waals surface area contributed by atoms with Crippen LogP contribution in [0.5, 0.6) is 0 Å². The zero-order chi connectivity index (χ0) is 18.9. The average Bonchev–Trinajstić information content (AvgIpc) is 2.94. The van der Waals surface area contributed by atoms with Crippen LogP contribution in [0.1, 0.15) is 67.9 Å². The molecule has 0 bridgehead atoms. The SMILES string of the molecule is COC(c1ccc(C(F)(F)F)cc1[C@@H]1OC(=O)N[C@H]1C)C1CCCCC1. The largest absolute Gasteiger partial charge is 0.439 e. The molecule has 1 saturated carbocycles. The Hall–Kier alpha value is -1.76. The number of hydrogen-bond donors (Lipinski definition) is 1. The monoisotopic (exact) mass is 371 g/mol. The van der Waals surface area contributed by atoms with Gasteiger partial charge >= 0.3 is 12.3 Å². The number of amides is 1. The summed E-state index contributed by atoms with van der Waals surface area (Å²) >= 11 is 0. The first kappa shape index (κ1) is 19.0. The Kier molecular flexibility index (Phi) is 5.46. The van der Waals surface area contributed by atoms with Gasteiger partial charge in [-0.15, -0.1) is 0 Å². The Morgan fingerprint density at radius 3 is 2.46 bits per heavy atom. The zero-order valence-corrected chi connectivity index (χ0v) is 14.9. The Labute approximate surface area is 151 Å². The first-order valence-electron chi connectivity index (χ1n) is 9.02. The van der Waals surface area contributed by atoms with E-state index in [4.69, 9.17) is 9.47 Å². The lowest BCUT2D eigenvalue weighted by Gasteiger charge is -2.32. The maximum atomic E-state index is 13.2. The molecule has 1 N–H and O–H groups in total. The molecule has 1 unspecified atom stereocenters. The molecule has 1 aromatic carbocycles. The Bertz CT molecular complexity index is 656. The molecule has 0 radical (unpaired) electrons. The van der Waals surface area contributed by atoms with E-state index in [1.165, 1.54) is 12.5 Å². The van der Waals surface area contributed by atoms with Crippen LogP contribution in [0.15, 0.2) is 18.2 Å². The van der Waals surface area contributed by atoms with Crippen molar-refractivity contribution in [1.82, 2.24) is 5.32 Å². The molecule has 1 heterocycles. The number of carbonyl (C=O) groups excluding carboxylic acids is 1. The molecule has 144 valence electrons. The van der Waals surface area contributed by atoms with Gasteiger partial charge in [0.15, 0.2) is 0 Å². The Morgan fingerprint density at radius 1 is 1.23 bits per heavy atom. The Morgan fingerprint density at radius 2 is 1.92 bits per heavy atom. The van der Waals surface area contributed by atoms with Gasteiger partial charge in [0.2, 0.25) is 0 Å². The average molecular weight is 371 g/mol. The second-order valence-corrected chi connectivity index (χ2v) is 7.15. The quantitative estimate of drug-likeness (QED) is 0.797. The van der Waals surface area contributed by atoms with Crippen molar-refractivity contribution in [1.29, 1.82) is 0 Å². The summed E-state index contributed by atoms with van der Waals surface area (Å²) in [5.41, 5.74) is 0.314. The third-order valence-corrected chi connectivity index (χ3v) is 5.39. The highest BCUT2D eigenvalue weighted by Crippen LogP contribution is 2.42. The van der Waals surface area contributed by atoms with Crippen LogP contribution in [0, 0.1) is 5.92 Å². The minimum Gasteiger partial charge on any atom is -0.439 e. The van der Waals surface area contributed by atoms with E-state index in [0.29, 0.717) is 11.1 Å². The third kappa shape index (κ3) is 3.82. The molecule has 4 nitrogen and oxygen atoms in total. The van der Waals surface area contributed by atoms with Crippen molar-refractivity contribution < 1.29 is 27.4 Å². The highest BCUT2D eigenvalue weighted by atomic mass is 19.4. The van der Waals surface area contributed by atoms with E-state index in [9.17, 15) is 18.0 Å². The number of methoxy groups -OCH3 is 1. The summed E-state index contributed by atoms with van der Waals surface area (Å²) in [4.78, 5) is 11.6. The molecule has 3 atom stereocenters. The van der Waals surface area contributed by atoms with Gasteiger partial charge in [-0.1, -0.05) is 25.3 Å². The van der Waals surface area contributed by atoms with Crippen LogP contribution >= 0.6 is 0 Å². The number of hydrogen-bond acceptors (Lipinski definition) is 3. The molecule has 1 aliphatic heterocycles. The fourth-order valence-electron chi connectivity index (χ4n) is 4.11. The van der Waals surface area contributed by atoms with E-state index in [-0.39, 0.29) is 12.0 Å². The van der Waals surface area contributed by atoms with E-state index < -0.39 is 30.0 Å². The summed E-state index contributed by atoms with van der Waals surface area (Å²) in [7, 11) is 1.59. The van der Waals surface area contributed by atoms with Crippen molar-refractivity contribution in [2.24, 2.45) is 5.92 Å². The number of nitrogens with one attached hydrogen (secondary N) is 1. The molecule has 1 amide bonds. The van der Waals surface area contributed by atoms with E-state index in [1.54, 1.807) is 14.0 Å². The summed E-state index contributed by atoms with van der Waals surface area (Å²) in [5, 5.41) is 2.60. The Balaban J connectivity index is 2.03. The first-order valence-corrected chi connectivity index (χ1v) is 9.02. The molecule has 0 spiro atoms. The van der Waals surface area contributed by atoms with Crippen LogP contribution in [-0.4, -0.2) is 19.2 Å². The third-order valence-electron chi connectivity index (χ3n) is 5.39. The number of cyclic esters (lactones) is 1. The van der Waals surface area contributed by atoms with Crippen LogP contribution in [0.4, 0.5) is 18.0 Å². The van der Waals surface area contributed by atoms with Gasteiger partial charge in [-0.25, -0.2) is 4.79 Å². The van der Waals surface area contributed by atoms with Crippen LogP contribution in [0.3, 0.4) is 0 Å². The van der Waals surface area contributed by atoms with Crippen molar-refractivity contribution in [3.8, 4) is 0 Å². The van der Waals surface area contributed by atoms with Gasteiger partial charge in [0.1, 0.15) is 6.10 Å². The molecule has 0 aromatic heterocycles. The summed E-state index contributed by atoms with van der Waals surface area (Å²) in [5.74, 6) is 0.254. The summed E-state index contributed by atoms with van der Waals surface area (Å²) in [6.45, 7) is 1.72. The smallest absolute Gasteiger partial charge is 0.416 e. The van der Waals surface area contributed by atoms with Gasteiger partial charge in [-0.2, -0.15) is 13.2 Å². The maximum Gasteiger partial charge on any atom is 0.416 e. The lowest BCUT2D eigenvalue weighted by molar-refractivity contribution is -0.137. The second kappa shape index (κ2) is 7.47. The second-order valence-electron chi connectivity index (χ2n) is 7.15. The van der Waals surface area contributed by atoms with Crippen LogP contribution < -0.4 is 5.32 Å². The van der Waals surface area contributed by atoms with Crippen molar-refractivity contribution >= 4 is 6.09 Å². The van der Waals surface area contributed by atoms with E-state index in [1.807, 2.05) is 0 Å². The van der Waals surface area contributed by atoms with Crippen molar-refractivity contribution in [2.75, 3.05) is 7.11 Å². The highest BCUT2D eigenvalue weighted by molar-refractivity contribution is 5.70. The van der Waals surface area contributed by atoms with E-state index >= 15 is 0 Å². The van der Waals surface area contributed by atoms with Gasteiger partial charge in [0, 0.05) is 12.7 Å². The zero-order valence-electron chi connectivity index (χ0n) is 14.9. The number of alkyl halides is 3. The predicted octanol–water partition coefficient (Wildman–Crippen LogP) is 5.14. The number of benzene rings is 1. The molecule has 1 aromatic rings. The molecule has 3 rings (SSSR count).